The van der Waals surface area contributed by atoms with E-state index in [2.05, 4.69) is 15.2 Å². The van der Waals surface area contributed by atoms with Crippen LogP contribution in [0.4, 0.5) is 10.6 Å². The van der Waals surface area contributed by atoms with Crippen molar-refractivity contribution in [3.63, 3.8) is 0 Å². The summed E-state index contributed by atoms with van der Waals surface area (Å²) in [6, 6.07) is 8.20. The Labute approximate surface area is 127 Å². The number of carbonyl (C=O) groups excluding carboxylic acids is 2. The Bertz CT molecular complexity index is 664. The molecule has 2 amide bonds. The number of rotatable bonds is 4. The average molecular weight is 303 g/mol. The van der Waals surface area contributed by atoms with Gasteiger partial charge in [0.1, 0.15) is 5.76 Å². The summed E-state index contributed by atoms with van der Waals surface area (Å²) >= 11 is 0. The van der Waals surface area contributed by atoms with Crippen LogP contribution in [0.1, 0.15) is 21.7 Å². The van der Waals surface area contributed by atoms with Crippen LogP contribution in [0.15, 0.2) is 34.9 Å². The highest BCUT2D eigenvalue weighted by Crippen LogP contribution is 2.11. The molecule has 0 atom stereocenters. The SMILES string of the molecule is COC(=O)c1ccc(CN(C)C(=O)Nc2cc(C)on2)cc1. The first-order valence-electron chi connectivity index (χ1n) is 6.62. The minimum atomic E-state index is -0.390. The smallest absolute Gasteiger partial charge is 0.337 e. The second kappa shape index (κ2) is 6.75. The number of anilines is 1. The molecule has 0 bridgehead atoms. The van der Waals surface area contributed by atoms with E-state index in [-0.39, 0.29) is 12.0 Å². The molecule has 116 valence electrons. The van der Waals surface area contributed by atoms with E-state index in [1.54, 1.807) is 44.3 Å². The van der Waals surface area contributed by atoms with Gasteiger partial charge in [-0.2, -0.15) is 0 Å². The molecule has 7 heteroatoms. The molecule has 0 aliphatic heterocycles. The van der Waals surface area contributed by atoms with Gasteiger partial charge in [0.2, 0.25) is 0 Å². The Morgan fingerprint density at radius 2 is 2.00 bits per heavy atom. The first-order chi connectivity index (χ1) is 10.5. The number of benzene rings is 1. The summed E-state index contributed by atoms with van der Waals surface area (Å²) in [5.41, 5.74) is 1.36. The molecule has 0 spiro atoms. The molecule has 0 aliphatic carbocycles. The molecule has 2 aromatic rings. The van der Waals surface area contributed by atoms with Gasteiger partial charge in [-0.25, -0.2) is 9.59 Å². The highest BCUT2D eigenvalue weighted by Gasteiger charge is 2.12. The van der Waals surface area contributed by atoms with Crippen LogP contribution in [0.25, 0.3) is 0 Å². The van der Waals surface area contributed by atoms with Crippen molar-refractivity contribution in [1.29, 1.82) is 0 Å². The molecule has 2 rings (SSSR count). The number of hydrogen-bond acceptors (Lipinski definition) is 5. The molecule has 1 N–H and O–H groups in total. The lowest BCUT2D eigenvalue weighted by Gasteiger charge is -2.17. The summed E-state index contributed by atoms with van der Waals surface area (Å²) in [5.74, 6) is 0.603. The number of esters is 1. The number of ether oxygens (including phenoxy) is 1. The molecule has 7 nitrogen and oxygen atoms in total. The van der Waals surface area contributed by atoms with Gasteiger partial charge in [0.25, 0.3) is 0 Å². The van der Waals surface area contributed by atoms with Crippen LogP contribution in [-0.2, 0) is 11.3 Å². The maximum absolute atomic E-state index is 12.0. The topological polar surface area (TPSA) is 84.7 Å². The van der Waals surface area contributed by atoms with Crippen LogP contribution < -0.4 is 5.32 Å². The van der Waals surface area contributed by atoms with E-state index in [0.29, 0.717) is 23.7 Å². The van der Waals surface area contributed by atoms with Crippen LogP contribution in [-0.4, -0.2) is 36.2 Å². The molecule has 0 saturated carbocycles. The molecule has 0 aliphatic rings. The quantitative estimate of drug-likeness (QED) is 0.877. The third-order valence-electron chi connectivity index (χ3n) is 3.00. The highest BCUT2D eigenvalue weighted by molar-refractivity contribution is 5.89. The summed E-state index contributed by atoms with van der Waals surface area (Å²) in [5, 5.41) is 6.33. The number of urea groups is 1. The number of aromatic nitrogens is 1. The molecule has 0 radical (unpaired) electrons. The van der Waals surface area contributed by atoms with Gasteiger partial charge >= 0.3 is 12.0 Å². The monoisotopic (exact) mass is 303 g/mol. The van der Waals surface area contributed by atoms with Crippen molar-refractivity contribution in [1.82, 2.24) is 10.1 Å². The van der Waals surface area contributed by atoms with E-state index in [1.165, 1.54) is 12.0 Å². The van der Waals surface area contributed by atoms with Crippen molar-refractivity contribution in [2.75, 3.05) is 19.5 Å². The van der Waals surface area contributed by atoms with E-state index in [9.17, 15) is 9.59 Å². The van der Waals surface area contributed by atoms with E-state index in [0.717, 1.165) is 5.56 Å². The van der Waals surface area contributed by atoms with Crippen LogP contribution in [0.2, 0.25) is 0 Å². The summed E-state index contributed by atoms with van der Waals surface area (Å²) in [4.78, 5) is 24.9. The number of amides is 2. The Hall–Kier alpha value is -2.83. The average Bonchev–Trinajstić information content (AvgIpc) is 2.92. The van der Waals surface area contributed by atoms with Gasteiger partial charge in [0.05, 0.1) is 12.7 Å². The fourth-order valence-corrected chi connectivity index (χ4v) is 1.84. The van der Waals surface area contributed by atoms with Crippen LogP contribution in [0.3, 0.4) is 0 Å². The lowest BCUT2D eigenvalue weighted by atomic mass is 10.1. The van der Waals surface area contributed by atoms with Gasteiger partial charge in [-0.3, -0.25) is 5.32 Å². The molecule has 0 fully saturated rings. The molecule has 1 aromatic heterocycles. The summed E-state index contributed by atoms with van der Waals surface area (Å²) in [6.45, 7) is 2.14. The molecule has 1 heterocycles. The second-order valence-corrected chi connectivity index (χ2v) is 4.80. The van der Waals surface area contributed by atoms with Crippen molar-refractivity contribution >= 4 is 17.8 Å². The van der Waals surface area contributed by atoms with Gasteiger partial charge in [0, 0.05) is 19.7 Å². The summed E-state index contributed by atoms with van der Waals surface area (Å²) < 4.78 is 9.52. The van der Waals surface area contributed by atoms with E-state index in [4.69, 9.17) is 4.52 Å². The van der Waals surface area contributed by atoms with Crippen LogP contribution in [0, 0.1) is 6.92 Å². The fourth-order valence-electron chi connectivity index (χ4n) is 1.84. The van der Waals surface area contributed by atoms with Gasteiger partial charge < -0.3 is 14.2 Å². The van der Waals surface area contributed by atoms with Crippen molar-refractivity contribution in [2.45, 2.75) is 13.5 Å². The zero-order valence-electron chi connectivity index (χ0n) is 12.6. The van der Waals surface area contributed by atoms with Gasteiger partial charge in [-0.1, -0.05) is 17.3 Å². The van der Waals surface area contributed by atoms with Crippen molar-refractivity contribution in [3.05, 3.63) is 47.2 Å². The fraction of sp³-hybridized carbons (Fsp3) is 0.267. The predicted molar refractivity (Wildman–Crippen MR) is 79.5 cm³/mol. The third-order valence-corrected chi connectivity index (χ3v) is 3.00. The first-order valence-corrected chi connectivity index (χ1v) is 6.62. The van der Waals surface area contributed by atoms with Crippen LogP contribution in [0.5, 0.6) is 0 Å². The Kier molecular flexibility index (Phi) is 4.77. The number of nitrogens with one attached hydrogen (secondary N) is 1. The second-order valence-electron chi connectivity index (χ2n) is 4.80. The van der Waals surface area contributed by atoms with Gasteiger partial charge in [0.15, 0.2) is 5.82 Å². The highest BCUT2D eigenvalue weighted by atomic mass is 16.5. The number of nitrogens with zero attached hydrogens (tertiary/aromatic N) is 2. The predicted octanol–water partition coefficient (Wildman–Crippen LogP) is 2.43. The lowest BCUT2D eigenvalue weighted by Crippen LogP contribution is -2.30. The number of methoxy groups -OCH3 is 1. The van der Waals surface area contributed by atoms with E-state index >= 15 is 0 Å². The number of carbonyl (C=O) groups is 2. The molecular formula is C15H17N3O4. The first kappa shape index (κ1) is 15.6. The minimum absolute atomic E-state index is 0.301. The molecule has 22 heavy (non-hydrogen) atoms. The Morgan fingerprint density at radius 3 is 2.55 bits per heavy atom. The molecule has 0 unspecified atom stereocenters. The number of aryl methyl sites for hydroxylation is 1. The summed E-state index contributed by atoms with van der Waals surface area (Å²) in [7, 11) is 3.00. The standard InChI is InChI=1S/C15H17N3O4/c1-10-8-13(17-22-10)16-15(20)18(2)9-11-4-6-12(7-5-11)14(19)21-3/h4-8H,9H2,1-3H3,(H,16,17,20). The normalized spacial score (nSPS) is 10.1. The maximum Gasteiger partial charge on any atom is 0.337 e. The zero-order chi connectivity index (χ0) is 16.1. The number of hydrogen-bond donors (Lipinski definition) is 1. The third kappa shape index (κ3) is 3.85. The zero-order valence-corrected chi connectivity index (χ0v) is 12.6. The van der Waals surface area contributed by atoms with E-state index in [1.807, 2.05) is 0 Å². The van der Waals surface area contributed by atoms with E-state index < -0.39 is 0 Å². The van der Waals surface area contributed by atoms with Gasteiger partial charge in [-0.05, 0) is 24.6 Å². The molecule has 1 aromatic carbocycles. The van der Waals surface area contributed by atoms with Crippen molar-refractivity contribution < 1.29 is 18.8 Å². The largest absolute Gasteiger partial charge is 0.465 e. The Morgan fingerprint density at radius 1 is 1.32 bits per heavy atom. The van der Waals surface area contributed by atoms with Gasteiger partial charge in [-0.15, -0.1) is 0 Å². The lowest BCUT2D eigenvalue weighted by molar-refractivity contribution is 0.0600. The van der Waals surface area contributed by atoms with Crippen molar-refractivity contribution in [3.8, 4) is 0 Å². The molecular weight excluding hydrogens is 286 g/mol. The Balaban J connectivity index is 1.94. The molecule has 0 saturated heterocycles. The maximum atomic E-state index is 12.0. The van der Waals surface area contributed by atoms with Crippen molar-refractivity contribution in [2.24, 2.45) is 0 Å². The minimum Gasteiger partial charge on any atom is -0.465 e. The summed E-state index contributed by atoms with van der Waals surface area (Å²) in [6.07, 6.45) is 0. The van der Waals surface area contributed by atoms with Crippen LogP contribution >= 0.6 is 0 Å².